The molecule has 1 aromatic heterocycles. The van der Waals surface area contributed by atoms with E-state index in [0.717, 1.165) is 17.9 Å². The van der Waals surface area contributed by atoms with Crippen LogP contribution in [0, 0.1) is 0 Å². The number of benzene rings is 1. The topological polar surface area (TPSA) is 41.1 Å². The largest absolute Gasteiger partial charge is 0.347 e. The molecule has 0 aliphatic carbocycles. The fourth-order valence-electron chi connectivity index (χ4n) is 1.65. The van der Waals surface area contributed by atoms with Crippen LogP contribution in [0.2, 0.25) is 0 Å². The van der Waals surface area contributed by atoms with Crippen molar-refractivity contribution in [1.29, 1.82) is 0 Å². The van der Waals surface area contributed by atoms with Gasteiger partial charge in [0.15, 0.2) is 0 Å². The molecule has 1 N–H and O–H groups in total. The first-order valence-electron chi connectivity index (χ1n) is 6.11. The summed E-state index contributed by atoms with van der Waals surface area (Å²) < 4.78 is 0. The van der Waals surface area contributed by atoms with Crippen LogP contribution in [0.3, 0.4) is 0 Å². The Labute approximate surface area is 118 Å². The van der Waals surface area contributed by atoms with Gasteiger partial charge >= 0.3 is 0 Å². The molecule has 0 fully saturated rings. The van der Waals surface area contributed by atoms with Crippen LogP contribution >= 0.6 is 11.6 Å². The Balaban J connectivity index is 2.10. The van der Waals surface area contributed by atoms with Crippen LogP contribution < -0.4 is 10.2 Å². The van der Waals surface area contributed by atoms with Gasteiger partial charge < -0.3 is 10.2 Å². The number of alkyl halides is 1. The number of aromatic nitrogens is 2. The SMILES string of the molecule is CN(C)c1nccc(Nc2ccc(CCCl)cc2)n1. The highest BCUT2D eigenvalue weighted by Crippen LogP contribution is 2.16. The van der Waals surface area contributed by atoms with E-state index in [1.54, 1.807) is 6.20 Å². The van der Waals surface area contributed by atoms with Crippen LogP contribution in [0.15, 0.2) is 36.5 Å². The average molecular weight is 277 g/mol. The van der Waals surface area contributed by atoms with Gasteiger partial charge in [-0.2, -0.15) is 4.98 Å². The third-order valence-corrected chi connectivity index (χ3v) is 2.84. The molecular formula is C14H17ClN4. The predicted octanol–water partition coefficient (Wildman–Crippen LogP) is 3.07. The number of halogens is 1. The molecule has 0 spiro atoms. The first-order valence-corrected chi connectivity index (χ1v) is 6.65. The van der Waals surface area contributed by atoms with Crippen molar-refractivity contribution in [2.24, 2.45) is 0 Å². The summed E-state index contributed by atoms with van der Waals surface area (Å²) in [4.78, 5) is 10.5. The van der Waals surface area contributed by atoms with Crippen LogP contribution in [0.4, 0.5) is 17.5 Å². The molecule has 0 atom stereocenters. The Morgan fingerprint density at radius 1 is 1.16 bits per heavy atom. The van der Waals surface area contributed by atoms with Crippen molar-refractivity contribution in [3.05, 3.63) is 42.1 Å². The Morgan fingerprint density at radius 3 is 2.53 bits per heavy atom. The van der Waals surface area contributed by atoms with Crippen molar-refractivity contribution in [3.8, 4) is 0 Å². The summed E-state index contributed by atoms with van der Waals surface area (Å²) in [5.74, 6) is 2.11. The number of hydrogen-bond donors (Lipinski definition) is 1. The van der Waals surface area contributed by atoms with Crippen LogP contribution in [0.25, 0.3) is 0 Å². The quantitative estimate of drug-likeness (QED) is 0.852. The zero-order valence-corrected chi connectivity index (χ0v) is 11.9. The monoisotopic (exact) mass is 276 g/mol. The van der Waals surface area contributed by atoms with E-state index in [9.17, 15) is 0 Å². The average Bonchev–Trinajstić information content (AvgIpc) is 2.42. The molecule has 2 rings (SSSR count). The number of aryl methyl sites for hydroxylation is 1. The van der Waals surface area contributed by atoms with E-state index in [1.807, 2.05) is 37.2 Å². The Kier molecular flexibility index (Phi) is 4.58. The second-order valence-corrected chi connectivity index (χ2v) is 4.78. The van der Waals surface area contributed by atoms with Gasteiger partial charge in [-0.3, -0.25) is 0 Å². The van der Waals surface area contributed by atoms with E-state index in [2.05, 4.69) is 27.4 Å². The van der Waals surface area contributed by atoms with Crippen molar-refractivity contribution < 1.29 is 0 Å². The van der Waals surface area contributed by atoms with Crippen LogP contribution in [-0.2, 0) is 6.42 Å². The summed E-state index contributed by atoms with van der Waals surface area (Å²) in [7, 11) is 3.83. The number of rotatable bonds is 5. The molecule has 19 heavy (non-hydrogen) atoms. The van der Waals surface area contributed by atoms with Crippen molar-refractivity contribution in [2.75, 3.05) is 30.2 Å². The van der Waals surface area contributed by atoms with E-state index < -0.39 is 0 Å². The molecule has 0 unspecified atom stereocenters. The van der Waals surface area contributed by atoms with Gasteiger partial charge in [0.25, 0.3) is 0 Å². The Hall–Kier alpha value is -1.81. The Morgan fingerprint density at radius 2 is 1.89 bits per heavy atom. The maximum absolute atomic E-state index is 5.72. The van der Waals surface area contributed by atoms with Crippen molar-refractivity contribution in [1.82, 2.24) is 9.97 Å². The highest BCUT2D eigenvalue weighted by molar-refractivity contribution is 6.17. The summed E-state index contributed by atoms with van der Waals surface area (Å²) in [6.45, 7) is 0. The minimum Gasteiger partial charge on any atom is -0.347 e. The fourth-order valence-corrected chi connectivity index (χ4v) is 1.86. The van der Waals surface area contributed by atoms with Gasteiger partial charge in [0.1, 0.15) is 5.82 Å². The smallest absolute Gasteiger partial charge is 0.226 e. The Bertz CT molecular complexity index is 525. The lowest BCUT2D eigenvalue weighted by Crippen LogP contribution is -2.13. The lowest BCUT2D eigenvalue weighted by molar-refractivity contribution is 1.00. The minimum atomic E-state index is 0.644. The standard InChI is InChI=1S/C14H17ClN4/c1-19(2)14-16-10-8-13(18-14)17-12-5-3-11(4-6-12)7-9-15/h3-6,8,10H,7,9H2,1-2H3,(H,16,17,18). The number of nitrogens with zero attached hydrogens (tertiary/aromatic N) is 3. The van der Waals surface area contributed by atoms with E-state index in [-0.39, 0.29) is 0 Å². The van der Waals surface area contributed by atoms with E-state index in [1.165, 1.54) is 5.56 Å². The van der Waals surface area contributed by atoms with Gasteiger partial charge in [0.2, 0.25) is 5.95 Å². The zero-order valence-electron chi connectivity index (χ0n) is 11.1. The molecule has 0 bridgehead atoms. The van der Waals surface area contributed by atoms with Gasteiger partial charge in [0, 0.05) is 31.9 Å². The van der Waals surface area contributed by atoms with Crippen LogP contribution in [-0.4, -0.2) is 29.9 Å². The van der Waals surface area contributed by atoms with E-state index in [0.29, 0.717) is 11.8 Å². The molecule has 1 aromatic carbocycles. The number of nitrogens with one attached hydrogen (secondary N) is 1. The van der Waals surface area contributed by atoms with Crippen LogP contribution in [0.5, 0.6) is 0 Å². The molecule has 0 radical (unpaired) electrons. The molecule has 100 valence electrons. The third-order valence-electron chi connectivity index (χ3n) is 2.65. The van der Waals surface area contributed by atoms with Gasteiger partial charge in [-0.1, -0.05) is 12.1 Å². The first-order chi connectivity index (χ1) is 9.19. The van der Waals surface area contributed by atoms with Gasteiger partial charge in [-0.25, -0.2) is 4.98 Å². The van der Waals surface area contributed by atoms with Crippen LogP contribution in [0.1, 0.15) is 5.56 Å². The molecule has 0 saturated heterocycles. The summed E-state index contributed by atoms with van der Waals surface area (Å²) in [6.07, 6.45) is 2.63. The third kappa shape index (κ3) is 3.83. The highest BCUT2D eigenvalue weighted by Gasteiger charge is 2.01. The molecule has 0 aliphatic rings. The molecule has 4 nitrogen and oxygen atoms in total. The molecular weight excluding hydrogens is 260 g/mol. The number of hydrogen-bond acceptors (Lipinski definition) is 4. The lowest BCUT2D eigenvalue weighted by atomic mass is 10.1. The first kappa shape index (κ1) is 13.6. The predicted molar refractivity (Wildman–Crippen MR) is 80.5 cm³/mol. The van der Waals surface area contributed by atoms with Crippen molar-refractivity contribution >= 4 is 29.1 Å². The highest BCUT2D eigenvalue weighted by atomic mass is 35.5. The minimum absolute atomic E-state index is 0.644. The molecule has 5 heteroatoms. The molecule has 2 aromatic rings. The van der Waals surface area contributed by atoms with Gasteiger partial charge in [-0.05, 0) is 30.2 Å². The van der Waals surface area contributed by atoms with E-state index in [4.69, 9.17) is 11.6 Å². The molecule has 0 aliphatic heterocycles. The second-order valence-electron chi connectivity index (χ2n) is 4.40. The summed E-state index contributed by atoms with van der Waals surface area (Å²) >= 11 is 5.72. The van der Waals surface area contributed by atoms with Crippen molar-refractivity contribution in [2.45, 2.75) is 6.42 Å². The molecule has 0 saturated carbocycles. The summed E-state index contributed by atoms with van der Waals surface area (Å²) in [5.41, 5.74) is 2.24. The van der Waals surface area contributed by atoms with Gasteiger partial charge in [-0.15, -0.1) is 11.6 Å². The van der Waals surface area contributed by atoms with Crippen molar-refractivity contribution in [3.63, 3.8) is 0 Å². The number of anilines is 3. The zero-order chi connectivity index (χ0) is 13.7. The maximum Gasteiger partial charge on any atom is 0.226 e. The molecule has 0 amide bonds. The fraction of sp³-hybridized carbons (Fsp3) is 0.286. The summed E-state index contributed by atoms with van der Waals surface area (Å²) in [5, 5.41) is 3.26. The van der Waals surface area contributed by atoms with Gasteiger partial charge in [0.05, 0.1) is 0 Å². The maximum atomic E-state index is 5.72. The normalized spacial score (nSPS) is 10.3. The summed E-state index contributed by atoms with van der Waals surface area (Å²) in [6, 6.07) is 10.0. The lowest BCUT2D eigenvalue weighted by Gasteiger charge is -2.12. The molecule has 1 heterocycles. The van der Waals surface area contributed by atoms with E-state index >= 15 is 0 Å². The second kappa shape index (κ2) is 6.38.